The molecule has 98 valence electrons. The van der Waals surface area contributed by atoms with Crippen LogP contribution in [0.5, 0.6) is 0 Å². The molecule has 3 rings (SSSR count). The number of nitrogen functional groups attached to an aromatic ring is 1. The molecule has 1 aliphatic carbocycles. The lowest BCUT2D eigenvalue weighted by Gasteiger charge is -2.39. The standard InChI is InChI=1S/C15H23N3/c16-13-5-3-12(4-6-13)9-14-10-18-15(11-17-14)7-1-2-8-15/h3-6,14,17-18H,1-2,7-11,16H2/t14-/m0/s1. The number of rotatable bonds is 2. The largest absolute Gasteiger partial charge is 0.399 e. The van der Waals surface area contributed by atoms with E-state index < -0.39 is 0 Å². The number of benzene rings is 1. The lowest BCUT2D eigenvalue weighted by atomic mass is 9.92. The van der Waals surface area contributed by atoms with Gasteiger partial charge in [-0.15, -0.1) is 0 Å². The molecule has 2 fully saturated rings. The van der Waals surface area contributed by atoms with Crippen molar-refractivity contribution in [1.29, 1.82) is 0 Å². The van der Waals surface area contributed by atoms with Crippen LogP contribution in [0.4, 0.5) is 5.69 Å². The van der Waals surface area contributed by atoms with Crippen LogP contribution >= 0.6 is 0 Å². The molecule has 2 aliphatic rings. The third kappa shape index (κ3) is 2.52. The lowest BCUT2D eigenvalue weighted by molar-refractivity contribution is 0.237. The normalized spacial score (nSPS) is 26.6. The first-order valence-corrected chi connectivity index (χ1v) is 7.09. The van der Waals surface area contributed by atoms with E-state index in [1.807, 2.05) is 12.1 Å². The molecule has 0 bridgehead atoms. The Morgan fingerprint density at radius 3 is 2.50 bits per heavy atom. The zero-order chi connectivity index (χ0) is 12.4. The highest BCUT2D eigenvalue weighted by Gasteiger charge is 2.36. The topological polar surface area (TPSA) is 50.1 Å². The summed E-state index contributed by atoms with van der Waals surface area (Å²) in [5, 5.41) is 7.51. The quantitative estimate of drug-likeness (QED) is 0.695. The molecule has 1 aromatic rings. The van der Waals surface area contributed by atoms with Crippen LogP contribution < -0.4 is 16.4 Å². The molecule has 3 nitrogen and oxygen atoms in total. The monoisotopic (exact) mass is 245 g/mol. The van der Waals surface area contributed by atoms with Gasteiger partial charge in [0.1, 0.15) is 0 Å². The molecule has 0 aromatic heterocycles. The minimum atomic E-state index is 0.414. The minimum Gasteiger partial charge on any atom is -0.399 e. The highest BCUT2D eigenvalue weighted by atomic mass is 15.1. The number of nitrogens with two attached hydrogens (primary N) is 1. The van der Waals surface area contributed by atoms with E-state index in [1.165, 1.54) is 31.2 Å². The summed E-state index contributed by atoms with van der Waals surface area (Å²) in [6.45, 7) is 2.22. The van der Waals surface area contributed by atoms with Crippen molar-refractivity contribution in [3.8, 4) is 0 Å². The Kier molecular flexibility index (Phi) is 3.27. The molecule has 1 aliphatic heterocycles. The maximum Gasteiger partial charge on any atom is 0.0314 e. The van der Waals surface area contributed by atoms with Crippen molar-refractivity contribution in [2.24, 2.45) is 0 Å². The molecular formula is C15H23N3. The molecule has 1 heterocycles. The summed E-state index contributed by atoms with van der Waals surface area (Å²) in [6, 6.07) is 8.81. The third-order valence-corrected chi connectivity index (χ3v) is 4.48. The van der Waals surface area contributed by atoms with Crippen molar-refractivity contribution in [2.75, 3.05) is 18.8 Å². The van der Waals surface area contributed by atoms with Crippen molar-refractivity contribution in [3.05, 3.63) is 29.8 Å². The van der Waals surface area contributed by atoms with Gasteiger partial charge in [0.2, 0.25) is 0 Å². The van der Waals surface area contributed by atoms with E-state index in [0.717, 1.165) is 25.2 Å². The Balaban J connectivity index is 1.55. The van der Waals surface area contributed by atoms with Crippen LogP contribution in [0, 0.1) is 0 Å². The maximum absolute atomic E-state index is 5.71. The number of piperazine rings is 1. The Morgan fingerprint density at radius 1 is 1.17 bits per heavy atom. The maximum atomic E-state index is 5.71. The van der Waals surface area contributed by atoms with Gasteiger partial charge in [0.15, 0.2) is 0 Å². The number of anilines is 1. The average Bonchev–Trinajstić information content (AvgIpc) is 2.84. The van der Waals surface area contributed by atoms with Gasteiger partial charge in [0.05, 0.1) is 0 Å². The molecule has 18 heavy (non-hydrogen) atoms. The fraction of sp³-hybridized carbons (Fsp3) is 0.600. The van der Waals surface area contributed by atoms with Crippen LogP contribution in [0.25, 0.3) is 0 Å². The summed E-state index contributed by atoms with van der Waals surface area (Å²) in [5.41, 5.74) is 8.34. The second-order valence-electron chi connectivity index (χ2n) is 5.89. The molecule has 1 atom stereocenters. The van der Waals surface area contributed by atoms with Gasteiger partial charge in [-0.25, -0.2) is 0 Å². The van der Waals surface area contributed by atoms with Crippen molar-refractivity contribution >= 4 is 5.69 Å². The molecule has 3 heteroatoms. The van der Waals surface area contributed by atoms with Crippen LogP contribution in [-0.2, 0) is 6.42 Å². The van der Waals surface area contributed by atoms with E-state index in [-0.39, 0.29) is 0 Å². The summed E-state index contributed by atoms with van der Waals surface area (Å²) in [5.74, 6) is 0. The van der Waals surface area contributed by atoms with Crippen LogP contribution in [0.3, 0.4) is 0 Å². The van der Waals surface area contributed by atoms with Crippen molar-refractivity contribution < 1.29 is 0 Å². The number of hydrogen-bond acceptors (Lipinski definition) is 3. The smallest absolute Gasteiger partial charge is 0.0314 e. The Morgan fingerprint density at radius 2 is 1.89 bits per heavy atom. The van der Waals surface area contributed by atoms with Gasteiger partial charge in [0.25, 0.3) is 0 Å². The number of hydrogen-bond donors (Lipinski definition) is 3. The van der Waals surface area contributed by atoms with Crippen molar-refractivity contribution in [1.82, 2.24) is 10.6 Å². The zero-order valence-electron chi connectivity index (χ0n) is 10.9. The third-order valence-electron chi connectivity index (χ3n) is 4.48. The number of nitrogens with one attached hydrogen (secondary N) is 2. The predicted octanol–water partition coefficient (Wildman–Crippen LogP) is 1.69. The first-order valence-electron chi connectivity index (χ1n) is 7.09. The Bertz CT molecular complexity index is 383. The molecule has 1 saturated carbocycles. The summed E-state index contributed by atoms with van der Waals surface area (Å²) in [4.78, 5) is 0. The van der Waals surface area contributed by atoms with Crippen molar-refractivity contribution in [2.45, 2.75) is 43.7 Å². The SMILES string of the molecule is Nc1ccc(C[C@H]2CNC3(CCCC3)CN2)cc1. The highest BCUT2D eigenvalue weighted by molar-refractivity contribution is 5.39. The fourth-order valence-electron chi connectivity index (χ4n) is 3.30. The van der Waals surface area contributed by atoms with E-state index in [0.29, 0.717) is 11.6 Å². The molecule has 0 radical (unpaired) electrons. The zero-order valence-corrected chi connectivity index (χ0v) is 10.9. The molecule has 1 aromatic carbocycles. The summed E-state index contributed by atoms with van der Waals surface area (Å²) >= 11 is 0. The van der Waals surface area contributed by atoms with Gasteiger partial charge < -0.3 is 16.4 Å². The van der Waals surface area contributed by atoms with E-state index >= 15 is 0 Å². The average molecular weight is 245 g/mol. The highest BCUT2D eigenvalue weighted by Crippen LogP contribution is 2.30. The summed E-state index contributed by atoms with van der Waals surface area (Å²) in [7, 11) is 0. The molecule has 1 saturated heterocycles. The minimum absolute atomic E-state index is 0.414. The van der Waals surface area contributed by atoms with Crippen LogP contribution in [0.15, 0.2) is 24.3 Å². The summed E-state index contributed by atoms with van der Waals surface area (Å²) in [6.07, 6.45) is 6.54. The van der Waals surface area contributed by atoms with Gasteiger partial charge in [-0.1, -0.05) is 25.0 Å². The van der Waals surface area contributed by atoms with Gasteiger partial charge in [-0.05, 0) is 37.0 Å². The predicted molar refractivity (Wildman–Crippen MR) is 75.6 cm³/mol. The van der Waals surface area contributed by atoms with Crippen LogP contribution in [0.1, 0.15) is 31.2 Å². The molecule has 0 amide bonds. The van der Waals surface area contributed by atoms with E-state index in [1.54, 1.807) is 0 Å². The molecule has 1 spiro atoms. The van der Waals surface area contributed by atoms with Gasteiger partial charge in [-0.3, -0.25) is 0 Å². The molecular weight excluding hydrogens is 222 g/mol. The first kappa shape index (κ1) is 12.0. The molecule has 4 N–H and O–H groups in total. The lowest BCUT2D eigenvalue weighted by Crippen LogP contribution is -2.62. The fourth-order valence-corrected chi connectivity index (χ4v) is 3.30. The second kappa shape index (κ2) is 4.90. The van der Waals surface area contributed by atoms with E-state index in [4.69, 9.17) is 5.73 Å². The van der Waals surface area contributed by atoms with Gasteiger partial charge in [-0.2, -0.15) is 0 Å². The van der Waals surface area contributed by atoms with E-state index in [2.05, 4.69) is 22.8 Å². The second-order valence-corrected chi connectivity index (χ2v) is 5.89. The van der Waals surface area contributed by atoms with Crippen molar-refractivity contribution in [3.63, 3.8) is 0 Å². The Labute approximate surface area is 109 Å². The Hall–Kier alpha value is -1.06. The summed E-state index contributed by atoms with van der Waals surface area (Å²) < 4.78 is 0. The first-order chi connectivity index (χ1) is 8.76. The molecule has 0 unspecified atom stereocenters. The van der Waals surface area contributed by atoms with Gasteiger partial charge in [0, 0.05) is 30.4 Å². The van der Waals surface area contributed by atoms with Crippen LogP contribution in [-0.4, -0.2) is 24.7 Å². The van der Waals surface area contributed by atoms with E-state index in [9.17, 15) is 0 Å². The van der Waals surface area contributed by atoms with Crippen LogP contribution in [0.2, 0.25) is 0 Å². The van der Waals surface area contributed by atoms with Gasteiger partial charge >= 0.3 is 0 Å².